The first-order valence-corrected chi connectivity index (χ1v) is 14.5. The summed E-state index contributed by atoms with van der Waals surface area (Å²) in [6.45, 7) is 6.15. The van der Waals surface area contributed by atoms with Gasteiger partial charge in [-0.1, -0.05) is 42.5 Å². The molecule has 8 nitrogen and oxygen atoms in total. The van der Waals surface area contributed by atoms with Gasteiger partial charge >= 0.3 is 6.18 Å². The van der Waals surface area contributed by atoms with E-state index >= 15 is 0 Å². The van der Waals surface area contributed by atoms with Crippen molar-refractivity contribution >= 4 is 21.9 Å². The topological polar surface area (TPSA) is 83.5 Å². The van der Waals surface area contributed by atoms with E-state index in [0.717, 1.165) is 63.5 Å². The number of rotatable bonds is 7. The molecule has 11 heteroatoms. The lowest BCUT2D eigenvalue weighted by Gasteiger charge is -2.13. The van der Waals surface area contributed by atoms with Gasteiger partial charge in [0.05, 0.1) is 24.0 Å². The first kappa shape index (κ1) is 28.0. The van der Waals surface area contributed by atoms with Crippen LogP contribution in [0.4, 0.5) is 13.2 Å². The molecule has 6 aromatic rings. The van der Waals surface area contributed by atoms with Crippen molar-refractivity contribution in [2.24, 2.45) is 0 Å². The first-order valence-electron chi connectivity index (χ1n) is 14.5. The number of aromatic nitrogens is 7. The fourth-order valence-corrected chi connectivity index (χ4v) is 5.87. The lowest BCUT2D eigenvalue weighted by atomic mass is 10.1. The summed E-state index contributed by atoms with van der Waals surface area (Å²) in [5.41, 5.74) is 4.93. The van der Waals surface area contributed by atoms with E-state index in [2.05, 4.69) is 31.7 Å². The fourth-order valence-electron chi connectivity index (χ4n) is 5.87. The van der Waals surface area contributed by atoms with Crippen molar-refractivity contribution in [3.05, 3.63) is 83.7 Å². The first-order chi connectivity index (χ1) is 21.1. The largest absolute Gasteiger partial charge is 0.480 e. The molecule has 4 aromatic heterocycles. The van der Waals surface area contributed by atoms with Crippen LogP contribution in [0.5, 0.6) is 5.88 Å². The van der Waals surface area contributed by atoms with E-state index < -0.39 is 11.9 Å². The molecule has 0 unspecified atom stereocenters. The zero-order chi connectivity index (χ0) is 30.7. The minimum Gasteiger partial charge on any atom is -0.480 e. The Morgan fingerprint density at radius 2 is 1.73 bits per heavy atom. The molecule has 4 heterocycles. The normalized spacial score (nSPS) is 13.8. The van der Waals surface area contributed by atoms with Crippen LogP contribution in [0.2, 0.25) is 0 Å². The number of alkyl halides is 3. The Hall–Kier alpha value is -4.80. The molecule has 2 aromatic carbocycles. The van der Waals surface area contributed by atoms with Crippen molar-refractivity contribution in [2.75, 3.05) is 7.11 Å². The van der Waals surface area contributed by atoms with Crippen LogP contribution in [0.15, 0.2) is 61.1 Å². The second-order valence-electron chi connectivity index (χ2n) is 11.5. The minimum atomic E-state index is -4.51. The Morgan fingerprint density at radius 3 is 2.41 bits per heavy atom. The number of ether oxygens (including phenoxy) is 1. The van der Waals surface area contributed by atoms with Crippen LogP contribution in [-0.4, -0.2) is 41.2 Å². The van der Waals surface area contributed by atoms with Crippen LogP contribution in [0, 0.1) is 6.92 Å². The molecule has 0 saturated heterocycles. The fraction of sp³-hybridized carbons (Fsp3) is 0.303. The van der Waals surface area contributed by atoms with E-state index in [0.29, 0.717) is 29.7 Å². The molecule has 1 aliphatic carbocycles. The van der Waals surface area contributed by atoms with E-state index in [4.69, 9.17) is 14.7 Å². The van der Waals surface area contributed by atoms with Crippen molar-refractivity contribution in [3.63, 3.8) is 0 Å². The summed E-state index contributed by atoms with van der Waals surface area (Å²) in [6, 6.07) is 15.4. The summed E-state index contributed by atoms with van der Waals surface area (Å²) in [7, 11) is 1.59. The number of benzene rings is 2. The van der Waals surface area contributed by atoms with Crippen LogP contribution in [-0.2, 0) is 12.7 Å². The van der Waals surface area contributed by atoms with E-state index in [1.807, 2.05) is 57.2 Å². The number of halogens is 3. The number of para-hydroxylation sites is 1. The van der Waals surface area contributed by atoms with Crippen LogP contribution < -0.4 is 4.74 Å². The highest BCUT2D eigenvalue weighted by Gasteiger charge is 2.35. The monoisotopic (exact) mass is 597 g/mol. The molecule has 224 valence electrons. The molecule has 1 aliphatic rings. The molecule has 7 rings (SSSR count). The average Bonchev–Trinajstić information content (AvgIpc) is 3.67. The van der Waals surface area contributed by atoms with E-state index in [1.165, 1.54) is 6.33 Å². The third-order valence-corrected chi connectivity index (χ3v) is 8.15. The van der Waals surface area contributed by atoms with Crippen molar-refractivity contribution < 1.29 is 17.9 Å². The highest BCUT2D eigenvalue weighted by molar-refractivity contribution is 6.08. The molecule has 1 fully saturated rings. The van der Waals surface area contributed by atoms with Gasteiger partial charge in [0, 0.05) is 41.0 Å². The van der Waals surface area contributed by atoms with E-state index in [1.54, 1.807) is 11.7 Å². The SMILES string of the molecule is COc1ncnc(C2CC2)c1-c1nc(C)c2c3ccccc3n(Cc3ccc(-c4nc(C(F)(F)F)cn4C(C)C)cc3)c2n1. The van der Waals surface area contributed by atoms with Gasteiger partial charge in [-0.15, -0.1) is 0 Å². The van der Waals surface area contributed by atoms with Crippen molar-refractivity contribution in [2.45, 2.75) is 58.3 Å². The molecule has 0 N–H and O–H groups in total. The number of imidazole rings is 1. The Kier molecular flexibility index (Phi) is 6.64. The van der Waals surface area contributed by atoms with Gasteiger partial charge in [0.15, 0.2) is 11.5 Å². The van der Waals surface area contributed by atoms with Crippen LogP contribution in [0.25, 0.3) is 44.7 Å². The highest BCUT2D eigenvalue weighted by Crippen LogP contribution is 2.45. The maximum atomic E-state index is 13.5. The molecule has 44 heavy (non-hydrogen) atoms. The lowest BCUT2D eigenvalue weighted by Crippen LogP contribution is -2.06. The Balaban J connectivity index is 1.33. The van der Waals surface area contributed by atoms with Crippen LogP contribution in [0.3, 0.4) is 0 Å². The summed E-state index contributed by atoms with van der Waals surface area (Å²) >= 11 is 0. The summed E-state index contributed by atoms with van der Waals surface area (Å²) in [6.07, 6.45) is 0.200. The van der Waals surface area contributed by atoms with Gasteiger partial charge in [-0.05, 0) is 45.2 Å². The smallest absolute Gasteiger partial charge is 0.434 e. The van der Waals surface area contributed by atoms with Crippen LogP contribution >= 0.6 is 0 Å². The Bertz CT molecular complexity index is 2020. The van der Waals surface area contributed by atoms with Gasteiger partial charge in [0.2, 0.25) is 5.88 Å². The van der Waals surface area contributed by atoms with Crippen LogP contribution in [0.1, 0.15) is 61.3 Å². The highest BCUT2D eigenvalue weighted by atomic mass is 19.4. The minimum absolute atomic E-state index is 0.183. The zero-order valence-corrected chi connectivity index (χ0v) is 24.7. The van der Waals surface area contributed by atoms with E-state index in [-0.39, 0.29) is 11.9 Å². The van der Waals surface area contributed by atoms with Gasteiger partial charge in [-0.2, -0.15) is 13.2 Å². The molecule has 0 atom stereocenters. The van der Waals surface area contributed by atoms with Gasteiger partial charge in [-0.3, -0.25) is 0 Å². The number of nitrogens with zero attached hydrogens (tertiary/aromatic N) is 7. The molecule has 0 amide bonds. The third kappa shape index (κ3) is 4.76. The number of hydrogen-bond donors (Lipinski definition) is 0. The quantitative estimate of drug-likeness (QED) is 0.187. The van der Waals surface area contributed by atoms with Gasteiger partial charge in [-0.25, -0.2) is 24.9 Å². The summed E-state index contributed by atoms with van der Waals surface area (Å²) in [5, 5.41) is 2.00. The molecular weight excluding hydrogens is 567 g/mol. The summed E-state index contributed by atoms with van der Waals surface area (Å²) in [4.78, 5) is 22.9. The van der Waals surface area contributed by atoms with Crippen molar-refractivity contribution in [3.8, 4) is 28.7 Å². The molecular formula is C33H30F3N7O. The number of fused-ring (bicyclic) bond motifs is 3. The van der Waals surface area contributed by atoms with Crippen molar-refractivity contribution in [1.29, 1.82) is 0 Å². The zero-order valence-electron chi connectivity index (χ0n) is 24.7. The predicted molar refractivity (Wildman–Crippen MR) is 161 cm³/mol. The maximum absolute atomic E-state index is 13.5. The predicted octanol–water partition coefficient (Wildman–Crippen LogP) is 7.75. The summed E-state index contributed by atoms with van der Waals surface area (Å²) in [5.74, 6) is 1.60. The summed E-state index contributed by atoms with van der Waals surface area (Å²) < 4.78 is 49.7. The number of hydrogen-bond acceptors (Lipinski definition) is 6. The average molecular weight is 598 g/mol. The lowest BCUT2D eigenvalue weighted by molar-refractivity contribution is -0.140. The third-order valence-electron chi connectivity index (χ3n) is 8.15. The van der Waals surface area contributed by atoms with Crippen molar-refractivity contribution in [1.82, 2.24) is 34.1 Å². The molecule has 0 radical (unpaired) electrons. The Morgan fingerprint density at radius 1 is 0.977 bits per heavy atom. The number of methoxy groups -OCH3 is 1. The second-order valence-corrected chi connectivity index (χ2v) is 11.5. The number of aryl methyl sites for hydroxylation is 1. The van der Waals surface area contributed by atoms with Gasteiger partial charge in [0.1, 0.15) is 23.4 Å². The maximum Gasteiger partial charge on any atom is 0.434 e. The van der Waals surface area contributed by atoms with Gasteiger partial charge in [0.25, 0.3) is 0 Å². The molecule has 1 saturated carbocycles. The molecule has 0 aliphatic heterocycles. The van der Waals surface area contributed by atoms with Gasteiger partial charge < -0.3 is 13.9 Å². The standard InChI is InChI=1S/C33H30F3N7O/c1-18(2)42-16-25(33(34,35)36)40-30(42)22-11-9-20(10-12-22)15-43-24-8-6-5-7-23(24)26-19(3)39-29(41-31(26)43)27-28(21-13-14-21)37-17-38-32(27)44-4/h5-12,16-18,21H,13-15H2,1-4H3. The second kappa shape index (κ2) is 10.4. The Labute approximate surface area is 251 Å². The molecule has 0 bridgehead atoms. The van der Waals surface area contributed by atoms with E-state index in [9.17, 15) is 13.2 Å². The molecule has 0 spiro atoms.